The molecular formula is C47H39N3. The van der Waals surface area contributed by atoms with Gasteiger partial charge in [0.25, 0.3) is 0 Å². The molecule has 1 aromatic heterocycles. The molecule has 1 aliphatic carbocycles. The Labute approximate surface area is 293 Å². The Morgan fingerprint density at radius 1 is 0.340 bits per heavy atom. The Balaban J connectivity index is 1.27. The fraction of sp³-hybridized carbons (Fsp3) is 0.170. The molecule has 3 nitrogen and oxygen atoms in total. The second-order valence-corrected chi connectivity index (χ2v) is 15.1. The van der Waals surface area contributed by atoms with Crippen molar-refractivity contribution in [2.75, 3.05) is 0 Å². The Morgan fingerprint density at radius 2 is 0.740 bits per heavy atom. The molecule has 0 atom stereocenters. The number of hydrogen-bond acceptors (Lipinski definition) is 3. The van der Waals surface area contributed by atoms with Crippen molar-refractivity contribution < 1.29 is 0 Å². The third-order valence-corrected chi connectivity index (χ3v) is 11.0. The molecule has 50 heavy (non-hydrogen) atoms. The van der Waals surface area contributed by atoms with Gasteiger partial charge in [-0.15, -0.1) is 0 Å². The van der Waals surface area contributed by atoms with E-state index in [9.17, 15) is 0 Å². The third-order valence-electron chi connectivity index (χ3n) is 11.0. The number of nitrogens with zero attached hydrogens (tertiary/aromatic N) is 3. The van der Waals surface area contributed by atoms with Crippen LogP contribution in [0.15, 0.2) is 140 Å². The van der Waals surface area contributed by atoms with Gasteiger partial charge in [-0.25, -0.2) is 15.0 Å². The Hall–Kier alpha value is -5.67. The van der Waals surface area contributed by atoms with Crippen LogP contribution in [0.25, 0.3) is 77.6 Å². The summed E-state index contributed by atoms with van der Waals surface area (Å²) in [5.41, 5.74) is 8.71. The number of rotatable bonds is 4. The van der Waals surface area contributed by atoms with Crippen LogP contribution >= 0.6 is 0 Å². The Kier molecular flexibility index (Phi) is 6.96. The highest BCUT2D eigenvalue weighted by atomic mass is 15.0. The fourth-order valence-electron chi connectivity index (χ4n) is 7.98. The first-order valence-electron chi connectivity index (χ1n) is 17.7. The third kappa shape index (κ3) is 5.08. The fourth-order valence-corrected chi connectivity index (χ4v) is 7.98. The topological polar surface area (TPSA) is 38.7 Å². The molecule has 0 fully saturated rings. The van der Waals surface area contributed by atoms with Crippen molar-refractivity contribution in [3.63, 3.8) is 0 Å². The molecule has 0 bridgehead atoms. The van der Waals surface area contributed by atoms with E-state index in [1.165, 1.54) is 67.4 Å². The minimum Gasteiger partial charge on any atom is -0.208 e. The minimum atomic E-state index is 0.150. The van der Waals surface area contributed by atoms with Gasteiger partial charge in [-0.2, -0.15) is 0 Å². The lowest BCUT2D eigenvalue weighted by Gasteiger charge is -2.42. The molecule has 0 amide bonds. The van der Waals surface area contributed by atoms with E-state index < -0.39 is 0 Å². The number of hydrogen-bond donors (Lipinski definition) is 0. The molecule has 0 radical (unpaired) electrons. The van der Waals surface area contributed by atoms with Gasteiger partial charge in [0.2, 0.25) is 0 Å². The van der Waals surface area contributed by atoms with E-state index >= 15 is 0 Å². The zero-order chi connectivity index (χ0) is 34.0. The normalized spacial score (nSPS) is 15.0. The molecule has 7 aromatic carbocycles. The van der Waals surface area contributed by atoms with Crippen LogP contribution in [0.5, 0.6) is 0 Å². The molecule has 1 aliphatic rings. The van der Waals surface area contributed by atoms with Gasteiger partial charge in [0.1, 0.15) is 0 Å². The summed E-state index contributed by atoms with van der Waals surface area (Å²) in [6.07, 6.45) is 2.41. The molecule has 0 aliphatic heterocycles. The van der Waals surface area contributed by atoms with Crippen LogP contribution in [0.3, 0.4) is 0 Å². The van der Waals surface area contributed by atoms with E-state index in [2.05, 4.69) is 131 Å². The number of fused-ring (bicyclic) bond motifs is 7. The highest BCUT2D eigenvalue weighted by molar-refractivity contribution is 6.26. The van der Waals surface area contributed by atoms with Crippen molar-refractivity contribution in [2.24, 2.45) is 0 Å². The predicted molar refractivity (Wildman–Crippen MR) is 209 cm³/mol. The number of aromatic nitrogens is 3. The largest absolute Gasteiger partial charge is 0.208 e. The van der Waals surface area contributed by atoms with Crippen LogP contribution in [-0.2, 0) is 10.8 Å². The highest BCUT2D eigenvalue weighted by Gasteiger charge is 2.37. The molecule has 8 aromatic rings. The maximum atomic E-state index is 5.06. The summed E-state index contributed by atoms with van der Waals surface area (Å²) < 4.78 is 0. The number of benzene rings is 7. The summed E-state index contributed by atoms with van der Waals surface area (Å²) in [6, 6.07) is 50.0. The Morgan fingerprint density at radius 3 is 1.30 bits per heavy atom. The lowest BCUT2D eigenvalue weighted by Crippen LogP contribution is -2.33. The molecule has 1 heterocycles. The van der Waals surface area contributed by atoms with Gasteiger partial charge < -0.3 is 0 Å². The molecule has 0 spiro atoms. The zero-order valence-electron chi connectivity index (χ0n) is 29.0. The highest BCUT2D eigenvalue weighted by Crippen LogP contribution is 2.47. The van der Waals surface area contributed by atoms with E-state index in [-0.39, 0.29) is 10.8 Å². The van der Waals surface area contributed by atoms with Gasteiger partial charge in [-0.3, -0.25) is 0 Å². The van der Waals surface area contributed by atoms with Gasteiger partial charge in [-0.05, 0) is 90.4 Å². The van der Waals surface area contributed by atoms with E-state index in [4.69, 9.17) is 15.0 Å². The lowest BCUT2D eigenvalue weighted by atomic mass is 9.63. The summed E-state index contributed by atoms with van der Waals surface area (Å²) in [5.74, 6) is 1.99. The van der Waals surface area contributed by atoms with Crippen molar-refractivity contribution in [3.8, 4) is 45.3 Å². The van der Waals surface area contributed by atoms with Gasteiger partial charge in [-0.1, -0.05) is 155 Å². The molecule has 242 valence electrons. The lowest BCUT2D eigenvalue weighted by molar-refractivity contribution is 0.332. The average molecular weight is 646 g/mol. The van der Waals surface area contributed by atoms with Gasteiger partial charge in [0, 0.05) is 16.7 Å². The second-order valence-electron chi connectivity index (χ2n) is 15.1. The first kappa shape index (κ1) is 30.4. The van der Waals surface area contributed by atoms with E-state index in [0.717, 1.165) is 16.7 Å². The van der Waals surface area contributed by atoms with Crippen molar-refractivity contribution in [2.45, 2.75) is 51.4 Å². The van der Waals surface area contributed by atoms with E-state index in [0.29, 0.717) is 17.5 Å². The van der Waals surface area contributed by atoms with Crippen LogP contribution in [0.4, 0.5) is 0 Å². The van der Waals surface area contributed by atoms with Gasteiger partial charge >= 0.3 is 0 Å². The molecule has 3 heteroatoms. The maximum absolute atomic E-state index is 5.06. The van der Waals surface area contributed by atoms with E-state index in [1.54, 1.807) is 0 Å². The monoisotopic (exact) mass is 645 g/mol. The first-order chi connectivity index (χ1) is 24.2. The SMILES string of the molecule is CC1(C)CCC(C)(C)c2cc(-c3ccc4c5ccccc5c5ccc(-c6nc(-c7ccccc7)nc(-c7ccccc7)n6)cc5c4c3)ccc21. The first-order valence-corrected chi connectivity index (χ1v) is 17.7. The molecular weight excluding hydrogens is 607 g/mol. The van der Waals surface area contributed by atoms with Crippen LogP contribution in [0.2, 0.25) is 0 Å². The van der Waals surface area contributed by atoms with Crippen molar-refractivity contribution in [1.82, 2.24) is 15.0 Å². The predicted octanol–water partition coefficient (Wildman–Crippen LogP) is 12.3. The molecule has 0 saturated carbocycles. The smallest absolute Gasteiger partial charge is 0.164 e. The van der Waals surface area contributed by atoms with Crippen molar-refractivity contribution >= 4 is 32.3 Å². The van der Waals surface area contributed by atoms with Gasteiger partial charge in [0.05, 0.1) is 0 Å². The second kappa shape index (κ2) is 11.5. The van der Waals surface area contributed by atoms with Gasteiger partial charge in [0.15, 0.2) is 17.5 Å². The average Bonchev–Trinajstić information content (AvgIpc) is 3.17. The van der Waals surface area contributed by atoms with Crippen molar-refractivity contribution in [1.29, 1.82) is 0 Å². The molecule has 0 saturated heterocycles. The summed E-state index contributed by atoms with van der Waals surface area (Å²) in [5, 5.41) is 7.41. The maximum Gasteiger partial charge on any atom is 0.164 e. The molecule has 0 unspecified atom stereocenters. The van der Waals surface area contributed by atoms with E-state index in [1.807, 2.05) is 36.4 Å². The summed E-state index contributed by atoms with van der Waals surface area (Å²) in [4.78, 5) is 15.0. The Bertz CT molecular complexity index is 2530. The summed E-state index contributed by atoms with van der Waals surface area (Å²) in [7, 11) is 0. The van der Waals surface area contributed by atoms with Crippen LogP contribution in [-0.4, -0.2) is 15.0 Å². The quantitative estimate of drug-likeness (QED) is 0.179. The summed E-state index contributed by atoms with van der Waals surface area (Å²) >= 11 is 0. The molecule has 0 N–H and O–H groups in total. The zero-order valence-corrected chi connectivity index (χ0v) is 29.0. The van der Waals surface area contributed by atoms with Crippen LogP contribution in [0, 0.1) is 0 Å². The van der Waals surface area contributed by atoms with Crippen LogP contribution in [0.1, 0.15) is 51.7 Å². The molecule has 9 rings (SSSR count). The van der Waals surface area contributed by atoms with Crippen LogP contribution < -0.4 is 0 Å². The standard InChI is InChI=1S/C47H39N3/c1-46(2)25-26-47(3,4)42-29-33(21-24-41(42)46)32-19-22-37-35-17-11-12-18-36(35)38-23-20-34(28-40(38)39(37)27-32)45-49-43(30-13-7-5-8-14-30)48-44(50-45)31-15-9-6-10-16-31/h5-24,27-29H,25-26H2,1-4H3. The van der Waals surface area contributed by atoms with Crippen molar-refractivity contribution in [3.05, 3.63) is 151 Å². The summed E-state index contributed by atoms with van der Waals surface area (Å²) in [6.45, 7) is 9.59. The minimum absolute atomic E-state index is 0.150.